The molecule has 0 N–H and O–H groups in total. The van der Waals surface area contributed by atoms with Gasteiger partial charge in [-0.2, -0.15) is 0 Å². The largest absolute Gasteiger partial charge is 0.338 e. The van der Waals surface area contributed by atoms with Crippen molar-refractivity contribution in [3.05, 3.63) is 47.8 Å². The fourth-order valence-corrected chi connectivity index (χ4v) is 2.46. The van der Waals surface area contributed by atoms with Crippen LogP contribution < -0.4 is 4.90 Å². The van der Waals surface area contributed by atoms with E-state index in [1.807, 2.05) is 19.3 Å². The summed E-state index contributed by atoms with van der Waals surface area (Å²) in [6.45, 7) is 6.29. The van der Waals surface area contributed by atoms with E-state index in [9.17, 15) is 4.39 Å². The predicted octanol–water partition coefficient (Wildman–Crippen LogP) is 1.64. The standard InChI is InChI=1S/C15H18FN5/c1-12-7-18-15(19-8-12)21-4-2-20(3-5-21)11-13-6-14(16)10-17-9-13/h6-10H,2-5,11H2,1H3. The molecule has 1 fully saturated rings. The van der Waals surface area contributed by atoms with Crippen molar-refractivity contribution in [1.29, 1.82) is 0 Å². The molecule has 6 heteroatoms. The maximum atomic E-state index is 13.1. The van der Waals surface area contributed by atoms with E-state index >= 15 is 0 Å². The molecule has 0 aliphatic carbocycles. The highest BCUT2D eigenvalue weighted by Crippen LogP contribution is 2.13. The Morgan fingerprint density at radius 1 is 1.05 bits per heavy atom. The van der Waals surface area contributed by atoms with E-state index in [4.69, 9.17) is 0 Å². The Hall–Kier alpha value is -2.08. The molecule has 2 aromatic heterocycles. The molecule has 0 saturated carbocycles. The Morgan fingerprint density at radius 3 is 2.43 bits per heavy atom. The topological polar surface area (TPSA) is 45.2 Å². The first-order valence-electron chi connectivity index (χ1n) is 7.06. The van der Waals surface area contributed by atoms with Gasteiger partial charge >= 0.3 is 0 Å². The zero-order valence-electron chi connectivity index (χ0n) is 12.0. The van der Waals surface area contributed by atoms with E-state index in [-0.39, 0.29) is 5.82 Å². The lowest BCUT2D eigenvalue weighted by Crippen LogP contribution is -2.46. The van der Waals surface area contributed by atoms with Crippen molar-refractivity contribution in [2.45, 2.75) is 13.5 Å². The fourth-order valence-electron chi connectivity index (χ4n) is 2.46. The van der Waals surface area contributed by atoms with Crippen LogP contribution in [-0.2, 0) is 6.54 Å². The lowest BCUT2D eigenvalue weighted by Gasteiger charge is -2.34. The lowest BCUT2D eigenvalue weighted by atomic mass is 10.2. The zero-order valence-corrected chi connectivity index (χ0v) is 12.0. The Morgan fingerprint density at radius 2 is 1.76 bits per heavy atom. The number of nitrogens with zero attached hydrogens (tertiary/aromatic N) is 5. The molecule has 1 saturated heterocycles. The molecule has 0 aromatic carbocycles. The summed E-state index contributed by atoms with van der Waals surface area (Å²) in [6.07, 6.45) is 6.63. The quantitative estimate of drug-likeness (QED) is 0.859. The number of rotatable bonds is 3. The third-order valence-electron chi connectivity index (χ3n) is 3.59. The second-order valence-corrected chi connectivity index (χ2v) is 5.34. The van der Waals surface area contributed by atoms with Crippen molar-refractivity contribution < 1.29 is 4.39 Å². The first kappa shape index (κ1) is 13.9. The Kier molecular flexibility index (Phi) is 4.06. The van der Waals surface area contributed by atoms with Gasteiger partial charge in [-0.25, -0.2) is 14.4 Å². The molecule has 3 heterocycles. The number of pyridine rings is 1. The molecule has 3 rings (SSSR count). The van der Waals surface area contributed by atoms with Crippen LogP contribution in [0.5, 0.6) is 0 Å². The van der Waals surface area contributed by atoms with E-state index in [0.717, 1.165) is 49.8 Å². The van der Waals surface area contributed by atoms with Crippen molar-refractivity contribution >= 4 is 5.95 Å². The highest BCUT2D eigenvalue weighted by Gasteiger charge is 2.19. The average molecular weight is 287 g/mol. The summed E-state index contributed by atoms with van der Waals surface area (Å²) in [4.78, 5) is 17.1. The van der Waals surface area contributed by atoms with E-state index in [2.05, 4.69) is 24.8 Å². The molecule has 0 spiro atoms. The van der Waals surface area contributed by atoms with E-state index in [1.54, 1.807) is 12.3 Å². The molecular formula is C15H18FN5. The molecular weight excluding hydrogens is 269 g/mol. The molecule has 0 amide bonds. The smallest absolute Gasteiger partial charge is 0.225 e. The maximum absolute atomic E-state index is 13.1. The van der Waals surface area contributed by atoms with Crippen LogP contribution in [0.2, 0.25) is 0 Å². The minimum Gasteiger partial charge on any atom is -0.338 e. The molecule has 1 aliphatic heterocycles. The Balaban J connectivity index is 1.56. The van der Waals surface area contributed by atoms with E-state index < -0.39 is 0 Å². The van der Waals surface area contributed by atoms with Gasteiger partial charge in [-0.15, -0.1) is 0 Å². The van der Waals surface area contributed by atoms with Crippen molar-refractivity contribution in [2.75, 3.05) is 31.1 Å². The maximum Gasteiger partial charge on any atom is 0.225 e. The summed E-state index contributed by atoms with van der Waals surface area (Å²) < 4.78 is 13.1. The minimum absolute atomic E-state index is 0.279. The van der Waals surface area contributed by atoms with E-state index in [0.29, 0.717) is 0 Å². The average Bonchev–Trinajstić information content (AvgIpc) is 2.49. The fraction of sp³-hybridized carbons (Fsp3) is 0.400. The number of anilines is 1. The van der Waals surface area contributed by atoms with Gasteiger partial charge in [0.15, 0.2) is 0 Å². The number of piperazine rings is 1. The zero-order chi connectivity index (χ0) is 14.7. The van der Waals surface area contributed by atoms with Crippen molar-refractivity contribution in [3.63, 3.8) is 0 Å². The van der Waals surface area contributed by atoms with Crippen LogP contribution in [0, 0.1) is 12.7 Å². The molecule has 0 bridgehead atoms. The second-order valence-electron chi connectivity index (χ2n) is 5.34. The third-order valence-corrected chi connectivity index (χ3v) is 3.59. The van der Waals surface area contributed by atoms with Gasteiger partial charge in [0, 0.05) is 51.3 Å². The molecule has 21 heavy (non-hydrogen) atoms. The van der Waals surface area contributed by atoms with Gasteiger partial charge in [0.1, 0.15) is 5.82 Å². The molecule has 110 valence electrons. The summed E-state index contributed by atoms with van der Waals surface area (Å²) >= 11 is 0. The van der Waals surface area contributed by atoms with Crippen LogP contribution in [-0.4, -0.2) is 46.0 Å². The van der Waals surface area contributed by atoms with Crippen molar-refractivity contribution in [3.8, 4) is 0 Å². The van der Waals surface area contributed by atoms with Crippen LogP contribution in [0.4, 0.5) is 10.3 Å². The second kappa shape index (κ2) is 6.13. The van der Waals surface area contributed by atoms with Crippen LogP contribution in [0.25, 0.3) is 0 Å². The predicted molar refractivity (Wildman–Crippen MR) is 78.5 cm³/mol. The van der Waals surface area contributed by atoms with Crippen LogP contribution in [0.3, 0.4) is 0 Å². The first-order valence-corrected chi connectivity index (χ1v) is 7.06. The molecule has 2 aromatic rings. The molecule has 5 nitrogen and oxygen atoms in total. The van der Waals surface area contributed by atoms with Gasteiger partial charge in [0.25, 0.3) is 0 Å². The minimum atomic E-state index is -0.279. The first-order chi connectivity index (χ1) is 10.2. The number of aromatic nitrogens is 3. The van der Waals surface area contributed by atoms with E-state index in [1.165, 1.54) is 6.20 Å². The van der Waals surface area contributed by atoms with Crippen molar-refractivity contribution in [1.82, 2.24) is 19.9 Å². The third kappa shape index (κ3) is 3.52. The number of aryl methyl sites for hydroxylation is 1. The summed E-state index contributed by atoms with van der Waals surface area (Å²) in [7, 11) is 0. The number of hydrogen-bond donors (Lipinski definition) is 0. The molecule has 0 radical (unpaired) electrons. The highest BCUT2D eigenvalue weighted by atomic mass is 19.1. The van der Waals surface area contributed by atoms with Crippen LogP contribution in [0.1, 0.15) is 11.1 Å². The summed E-state index contributed by atoms with van der Waals surface area (Å²) in [5.41, 5.74) is 1.98. The van der Waals surface area contributed by atoms with Crippen molar-refractivity contribution in [2.24, 2.45) is 0 Å². The van der Waals surface area contributed by atoms with Gasteiger partial charge in [0.2, 0.25) is 5.95 Å². The van der Waals surface area contributed by atoms with Gasteiger partial charge in [0.05, 0.1) is 6.20 Å². The summed E-state index contributed by atoms with van der Waals surface area (Å²) in [5.74, 6) is 0.506. The molecule has 0 atom stereocenters. The summed E-state index contributed by atoms with van der Waals surface area (Å²) in [6, 6.07) is 1.54. The van der Waals surface area contributed by atoms with Gasteiger partial charge in [-0.05, 0) is 24.1 Å². The molecule has 0 unspecified atom stereocenters. The normalized spacial score (nSPS) is 16.2. The number of hydrogen-bond acceptors (Lipinski definition) is 5. The summed E-state index contributed by atoms with van der Waals surface area (Å²) in [5, 5.41) is 0. The Labute approximate surface area is 123 Å². The monoisotopic (exact) mass is 287 g/mol. The van der Waals surface area contributed by atoms with Gasteiger partial charge in [-0.1, -0.05) is 0 Å². The Bertz CT molecular complexity index is 593. The van der Waals surface area contributed by atoms with Gasteiger partial charge in [-0.3, -0.25) is 9.88 Å². The van der Waals surface area contributed by atoms with Crippen LogP contribution >= 0.6 is 0 Å². The molecule has 1 aliphatic rings. The van der Waals surface area contributed by atoms with Crippen LogP contribution in [0.15, 0.2) is 30.9 Å². The number of halogens is 1. The van der Waals surface area contributed by atoms with Gasteiger partial charge < -0.3 is 4.90 Å². The highest BCUT2D eigenvalue weighted by molar-refractivity contribution is 5.30. The SMILES string of the molecule is Cc1cnc(N2CCN(Cc3cncc(F)c3)CC2)nc1. The lowest BCUT2D eigenvalue weighted by molar-refractivity contribution is 0.248.